The average Bonchev–Trinajstić information content (AvgIpc) is 3.27. The van der Waals surface area contributed by atoms with Gasteiger partial charge >= 0.3 is 0 Å². The smallest absolute Gasteiger partial charge is 0.256 e. The number of methoxy groups -OCH3 is 2. The van der Waals surface area contributed by atoms with Crippen LogP contribution < -0.4 is 14.8 Å². The Morgan fingerprint density at radius 2 is 1.83 bits per heavy atom. The largest absolute Gasteiger partial charge is 0.493 e. The number of aromatic nitrogens is 2. The lowest BCUT2D eigenvalue weighted by Gasteiger charge is -2.28. The first-order chi connectivity index (χ1) is 14.1. The maximum Gasteiger partial charge on any atom is 0.256 e. The number of hydrogen-bond acceptors (Lipinski definition) is 5. The van der Waals surface area contributed by atoms with Gasteiger partial charge in [0.25, 0.3) is 5.91 Å². The van der Waals surface area contributed by atoms with Crippen molar-refractivity contribution < 1.29 is 19.1 Å². The highest BCUT2D eigenvalue weighted by Gasteiger charge is 2.24. The standard InChI is InChI=1S/C21H28N4O4/c1-28-18-14-16(21(27)24-10-4-3-5-11-24)17(15-19(18)29-2)23-20(26)8-6-12-25-13-7-9-22-25/h7,9,13-15H,3-6,8,10-12H2,1-2H3,(H,23,26). The lowest BCUT2D eigenvalue weighted by molar-refractivity contribution is -0.116. The number of nitrogens with one attached hydrogen (secondary N) is 1. The number of hydrogen-bond donors (Lipinski definition) is 1. The number of ether oxygens (including phenoxy) is 2. The Kier molecular flexibility index (Phi) is 7.10. The third-order valence-corrected chi connectivity index (χ3v) is 5.02. The van der Waals surface area contributed by atoms with Crippen LogP contribution in [0.4, 0.5) is 5.69 Å². The Morgan fingerprint density at radius 3 is 2.48 bits per heavy atom. The van der Waals surface area contributed by atoms with E-state index in [1.807, 2.05) is 17.2 Å². The number of amides is 2. The molecule has 0 bridgehead atoms. The van der Waals surface area contributed by atoms with Crippen LogP contribution in [-0.2, 0) is 11.3 Å². The Bertz CT molecular complexity index is 829. The molecule has 0 spiro atoms. The van der Waals surface area contributed by atoms with Gasteiger partial charge in [-0.15, -0.1) is 0 Å². The molecular formula is C21H28N4O4. The van der Waals surface area contributed by atoms with Crippen LogP contribution in [0.2, 0.25) is 0 Å². The molecule has 1 aromatic heterocycles. The predicted molar refractivity (Wildman–Crippen MR) is 109 cm³/mol. The summed E-state index contributed by atoms with van der Waals surface area (Å²) in [6.07, 6.45) is 7.67. The highest BCUT2D eigenvalue weighted by atomic mass is 16.5. The van der Waals surface area contributed by atoms with Crippen LogP contribution >= 0.6 is 0 Å². The number of likely N-dealkylation sites (tertiary alicyclic amines) is 1. The third-order valence-electron chi connectivity index (χ3n) is 5.02. The van der Waals surface area contributed by atoms with Gasteiger partial charge in [0.2, 0.25) is 5.91 Å². The highest BCUT2D eigenvalue weighted by molar-refractivity contribution is 6.04. The van der Waals surface area contributed by atoms with Crippen molar-refractivity contribution in [3.8, 4) is 11.5 Å². The van der Waals surface area contributed by atoms with Crippen LogP contribution in [0, 0.1) is 0 Å². The van der Waals surface area contributed by atoms with Gasteiger partial charge in [0.15, 0.2) is 11.5 Å². The summed E-state index contributed by atoms with van der Waals surface area (Å²) in [5.41, 5.74) is 0.868. The van der Waals surface area contributed by atoms with Gasteiger partial charge in [-0.1, -0.05) is 0 Å². The molecule has 156 valence electrons. The van der Waals surface area contributed by atoms with Gasteiger partial charge in [0, 0.05) is 44.5 Å². The highest BCUT2D eigenvalue weighted by Crippen LogP contribution is 2.34. The van der Waals surface area contributed by atoms with Crippen molar-refractivity contribution in [3.63, 3.8) is 0 Å². The van der Waals surface area contributed by atoms with E-state index in [2.05, 4.69) is 10.4 Å². The average molecular weight is 400 g/mol. The van der Waals surface area contributed by atoms with E-state index in [1.54, 1.807) is 23.0 Å². The van der Waals surface area contributed by atoms with Crippen LogP contribution in [0.25, 0.3) is 0 Å². The zero-order valence-electron chi connectivity index (χ0n) is 17.0. The van der Waals surface area contributed by atoms with Crippen molar-refractivity contribution in [2.24, 2.45) is 0 Å². The predicted octanol–water partition coefficient (Wildman–Crippen LogP) is 2.95. The second kappa shape index (κ2) is 9.95. The van der Waals surface area contributed by atoms with E-state index in [1.165, 1.54) is 14.2 Å². The second-order valence-electron chi connectivity index (χ2n) is 7.03. The van der Waals surface area contributed by atoms with Crippen molar-refractivity contribution in [2.45, 2.75) is 38.6 Å². The number of aryl methyl sites for hydroxylation is 1. The Hall–Kier alpha value is -3.03. The maximum atomic E-state index is 13.1. The zero-order valence-corrected chi connectivity index (χ0v) is 17.0. The Morgan fingerprint density at radius 1 is 1.10 bits per heavy atom. The molecule has 0 unspecified atom stereocenters. The molecule has 29 heavy (non-hydrogen) atoms. The summed E-state index contributed by atoms with van der Waals surface area (Å²) in [6.45, 7) is 2.11. The van der Waals surface area contributed by atoms with Crippen molar-refractivity contribution in [3.05, 3.63) is 36.2 Å². The van der Waals surface area contributed by atoms with Crippen LogP contribution in [0.3, 0.4) is 0 Å². The molecule has 0 radical (unpaired) electrons. The first-order valence-electron chi connectivity index (χ1n) is 9.95. The molecule has 1 saturated heterocycles. The topological polar surface area (TPSA) is 85.7 Å². The third kappa shape index (κ3) is 5.28. The minimum Gasteiger partial charge on any atom is -0.493 e. The van der Waals surface area contributed by atoms with E-state index < -0.39 is 0 Å². The van der Waals surface area contributed by atoms with E-state index in [-0.39, 0.29) is 11.8 Å². The van der Waals surface area contributed by atoms with Gasteiger partial charge in [0.1, 0.15) is 0 Å². The molecule has 8 heteroatoms. The summed E-state index contributed by atoms with van der Waals surface area (Å²) in [6, 6.07) is 5.15. The molecule has 1 aliphatic heterocycles. The summed E-state index contributed by atoms with van der Waals surface area (Å²) >= 11 is 0. The molecule has 3 rings (SSSR count). The molecule has 0 atom stereocenters. The number of nitrogens with zero attached hydrogens (tertiary/aromatic N) is 3. The zero-order chi connectivity index (χ0) is 20.6. The summed E-state index contributed by atoms with van der Waals surface area (Å²) in [5.74, 6) is 0.675. The van der Waals surface area contributed by atoms with Crippen molar-refractivity contribution in [1.82, 2.24) is 14.7 Å². The fourth-order valence-electron chi connectivity index (χ4n) is 3.47. The molecule has 1 fully saturated rings. The molecule has 1 N–H and O–H groups in total. The van der Waals surface area contributed by atoms with Crippen LogP contribution in [0.1, 0.15) is 42.5 Å². The maximum absolute atomic E-state index is 13.1. The number of anilines is 1. The molecule has 2 amide bonds. The van der Waals surface area contributed by atoms with Gasteiger partial charge in [-0.3, -0.25) is 14.3 Å². The first-order valence-corrected chi connectivity index (χ1v) is 9.95. The molecule has 0 saturated carbocycles. The molecule has 8 nitrogen and oxygen atoms in total. The van der Waals surface area contributed by atoms with Gasteiger partial charge in [-0.25, -0.2) is 0 Å². The molecule has 1 aliphatic rings. The summed E-state index contributed by atoms with van der Waals surface area (Å²) in [4.78, 5) is 27.4. The fraction of sp³-hybridized carbons (Fsp3) is 0.476. The summed E-state index contributed by atoms with van der Waals surface area (Å²) < 4.78 is 12.5. The van der Waals surface area contributed by atoms with Gasteiger partial charge in [-0.2, -0.15) is 5.10 Å². The molecule has 2 heterocycles. The monoisotopic (exact) mass is 400 g/mol. The quantitative estimate of drug-likeness (QED) is 0.736. The van der Waals surface area contributed by atoms with E-state index in [0.29, 0.717) is 42.1 Å². The van der Waals surface area contributed by atoms with Gasteiger partial charge < -0.3 is 19.7 Å². The SMILES string of the molecule is COc1cc(NC(=O)CCCn2cccn2)c(C(=O)N2CCCCC2)cc1OC. The minimum atomic E-state index is -0.155. The lowest BCUT2D eigenvalue weighted by Crippen LogP contribution is -2.36. The Balaban J connectivity index is 1.75. The summed E-state index contributed by atoms with van der Waals surface area (Å²) in [5, 5.41) is 7.02. The lowest BCUT2D eigenvalue weighted by atomic mass is 10.1. The van der Waals surface area contributed by atoms with E-state index >= 15 is 0 Å². The van der Waals surface area contributed by atoms with Crippen LogP contribution in [0.5, 0.6) is 11.5 Å². The van der Waals surface area contributed by atoms with E-state index in [9.17, 15) is 9.59 Å². The molecular weight excluding hydrogens is 372 g/mol. The van der Waals surface area contributed by atoms with Crippen LogP contribution in [0.15, 0.2) is 30.6 Å². The molecule has 1 aromatic carbocycles. The fourth-order valence-corrected chi connectivity index (χ4v) is 3.47. The number of carbonyl (C=O) groups is 2. The van der Waals surface area contributed by atoms with Gasteiger partial charge in [-0.05, 0) is 37.8 Å². The summed E-state index contributed by atoms with van der Waals surface area (Å²) in [7, 11) is 3.06. The van der Waals surface area contributed by atoms with Crippen molar-refractivity contribution in [1.29, 1.82) is 0 Å². The molecule has 2 aromatic rings. The number of rotatable bonds is 8. The first kappa shape index (κ1) is 20.7. The number of benzene rings is 1. The van der Waals surface area contributed by atoms with Crippen molar-refractivity contribution >= 4 is 17.5 Å². The molecule has 0 aliphatic carbocycles. The van der Waals surface area contributed by atoms with E-state index in [0.717, 1.165) is 32.4 Å². The number of carbonyl (C=O) groups excluding carboxylic acids is 2. The van der Waals surface area contributed by atoms with E-state index in [4.69, 9.17) is 9.47 Å². The van der Waals surface area contributed by atoms with Crippen LogP contribution in [-0.4, -0.2) is 53.8 Å². The minimum absolute atomic E-state index is 0.0995. The number of piperidine rings is 1. The van der Waals surface area contributed by atoms with Gasteiger partial charge in [0.05, 0.1) is 25.5 Å². The van der Waals surface area contributed by atoms with Crippen molar-refractivity contribution in [2.75, 3.05) is 32.6 Å². The normalized spacial score (nSPS) is 13.8. The Labute approximate surface area is 170 Å². The second-order valence-corrected chi connectivity index (χ2v) is 7.03.